The molecule has 0 heterocycles. The predicted octanol–water partition coefficient (Wildman–Crippen LogP) is 3.99. The van der Waals surface area contributed by atoms with Gasteiger partial charge in [0, 0.05) is 31.8 Å². The average Bonchev–Trinajstić information content (AvgIpc) is 2.72. The van der Waals surface area contributed by atoms with E-state index in [2.05, 4.69) is 5.32 Å². The summed E-state index contributed by atoms with van der Waals surface area (Å²) in [7, 11) is 3.45. The Hall–Kier alpha value is -3.40. The van der Waals surface area contributed by atoms with Gasteiger partial charge in [0.1, 0.15) is 0 Å². The van der Waals surface area contributed by atoms with E-state index in [-0.39, 0.29) is 11.8 Å². The van der Waals surface area contributed by atoms with Gasteiger partial charge in [0.05, 0.1) is 0 Å². The van der Waals surface area contributed by atoms with Crippen LogP contribution in [0.25, 0.3) is 11.1 Å². The van der Waals surface area contributed by atoms with E-state index >= 15 is 0 Å². The summed E-state index contributed by atoms with van der Waals surface area (Å²) in [5.74, 6) is -0.162. The van der Waals surface area contributed by atoms with E-state index in [9.17, 15) is 9.59 Å². The Morgan fingerprint density at radius 1 is 0.815 bits per heavy atom. The van der Waals surface area contributed by atoms with Gasteiger partial charge in [-0.1, -0.05) is 60.7 Å². The first-order valence-corrected chi connectivity index (χ1v) is 8.79. The lowest BCUT2D eigenvalue weighted by Gasteiger charge is -2.12. The molecule has 0 spiro atoms. The van der Waals surface area contributed by atoms with Gasteiger partial charge in [0.2, 0.25) is 0 Å². The van der Waals surface area contributed by atoms with Crippen molar-refractivity contribution < 1.29 is 9.59 Å². The molecule has 0 fully saturated rings. The third kappa shape index (κ3) is 4.42. The predicted molar refractivity (Wildman–Crippen MR) is 108 cm³/mol. The standard InChI is InChI=1S/C23H22N2O2/c1-25(2)23(27)19-14-12-17(13-15-19)16-24-22(26)21-11-7-6-10-20(21)18-8-4-3-5-9-18/h3-15H,16H2,1-2H3,(H,24,26). The Kier molecular flexibility index (Phi) is 5.67. The van der Waals surface area contributed by atoms with Crippen LogP contribution in [0.3, 0.4) is 0 Å². The van der Waals surface area contributed by atoms with Crippen LogP contribution in [0, 0.1) is 0 Å². The molecular weight excluding hydrogens is 336 g/mol. The summed E-state index contributed by atoms with van der Waals surface area (Å²) in [4.78, 5) is 26.2. The largest absolute Gasteiger partial charge is 0.348 e. The van der Waals surface area contributed by atoms with E-state index in [4.69, 9.17) is 0 Å². The monoisotopic (exact) mass is 358 g/mol. The molecule has 136 valence electrons. The highest BCUT2D eigenvalue weighted by atomic mass is 16.2. The third-order valence-corrected chi connectivity index (χ3v) is 4.32. The number of nitrogens with one attached hydrogen (secondary N) is 1. The average molecular weight is 358 g/mol. The number of amides is 2. The molecule has 3 rings (SSSR count). The summed E-state index contributed by atoms with van der Waals surface area (Å²) in [6.07, 6.45) is 0. The van der Waals surface area contributed by atoms with Gasteiger partial charge in [0.15, 0.2) is 0 Å². The molecule has 0 aromatic heterocycles. The molecule has 1 N–H and O–H groups in total. The second-order valence-electron chi connectivity index (χ2n) is 6.49. The number of hydrogen-bond acceptors (Lipinski definition) is 2. The highest BCUT2D eigenvalue weighted by Crippen LogP contribution is 2.23. The maximum absolute atomic E-state index is 12.7. The molecule has 0 saturated heterocycles. The van der Waals surface area contributed by atoms with Crippen molar-refractivity contribution >= 4 is 11.8 Å². The summed E-state index contributed by atoms with van der Waals surface area (Å²) in [5, 5.41) is 2.96. The molecule has 0 unspecified atom stereocenters. The summed E-state index contributed by atoms with van der Waals surface area (Å²) < 4.78 is 0. The van der Waals surface area contributed by atoms with Gasteiger partial charge in [-0.3, -0.25) is 9.59 Å². The van der Waals surface area contributed by atoms with Gasteiger partial charge < -0.3 is 10.2 Å². The number of rotatable bonds is 5. The van der Waals surface area contributed by atoms with E-state index in [0.29, 0.717) is 17.7 Å². The van der Waals surface area contributed by atoms with Crippen molar-refractivity contribution in [2.75, 3.05) is 14.1 Å². The fourth-order valence-electron chi connectivity index (χ4n) is 2.85. The van der Waals surface area contributed by atoms with Gasteiger partial charge in [-0.25, -0.2) is 0 Å². The molecule has 0 aliphatic heterocycles. The first-order valence-electron chi connectivity index (χ1n) is 8.79. The molecule has 0 aliphatic rings. The maximum atomic E-state index is 12.7. The van der Waals surface area contributed by atoms with E-state index in [1.54, 1.807) is 26.2 Å². The van der Waals surface area contributed by atoms with Gasteiger partial charge in [-0.05, 0) is 34.9 Å². The molecule has 0 radical (unpaired) electrons. The van der Waals surface area contributed by atoms with Crippen molar-refractivity contribution in [1.29, 1.82) is 0 Å². The summed E-state index contributed by atoms with van der Waals surface area (Å²) in [5.41, 5.74) is 4.13. The van der Waals surface area contributed by atoms with Crippen LogP contribution in [-0.2, 0) is 6.54 Å². The molecule has 2 amide bonds. The number of benzene rings is 3. The fourth-order valence-corrected chi connectivity index (χ4v) is 2.85. The second kappa shape index (κ2) is 8.32. The van der Waals surface area contributed by atoms with E-state index in [1.807, 2.05) is 66.7 Å². The minimum absolute atomic E-state index is 0.0395. The van der Waals surface area contributed by atoms with Crippen LogP contribution in [0.2, 0.25) is 0 Å². The van der Waals surface area contributed by atoms with Gasteiger partial charge in [-0.15, -0.1) is 0 Å². The fraction of sp³-hybridized carbons (Fsp3) is 0.130. The Bertz CT molecular complexity index is 932. The van der Waals surface area contributed by atoms with Gasteiger partial charge >= 0.3 is 0 Å². The van der Waals surface area contributed by atoms with Gasteiger partial charge in [0.25, 0.3) is 11.8 Å². The van der Waals surface area contributed by atoms with E-state index < -0.39 is 0 Å². The molecule has 27 heavy (non-hydrogen) atoms. The lowest BCUT2D eigenvalue weighted by molar-refractivity contribution is 0.0827. The Labute approximate surface area is 159 Å². The van der Waals surface area contributed by atoms with Crippen LogP contribution in [0.15, 0.2) is 78.9 Å². The second-order valence-corrected chi connectivity index (χ2v) is 6.49. The normalized spacial score (nSPS) is 10.3. The lowest BCUT2D eigenvalue weighted by atomic mass is 9.99. The van der Waals surface area contributed by atoms with Crippen molar-refractivity contribution in [2.45, 2.75) is 6.54 Å². The quantitative estimate of drug-likeness (QED) is 0.750. The zero-order valence-corrected chi connectivity index (χ0v) is 15.5. The van der Waals surface area contributed by atoms with Crippen molar-refractivity contribution in [1.82, 2.24) is 10.2 Å². The van der Waals surface area contributed by atoms with E-state index in [0.717, 1.165) is 16.7 Å². The maximum Gasteiger partial charge on any atom is 0.253 e. The lowest BCUT2D eigenvalue weighted by Crippen LogP contribution is -2.24. The van der Waals surface area contributed by atoms with E-state index in [1.165, 1.54) is 4.90 Å². The Balaban J connectivity index is 1.71. The van der Waals surface area contributed by atoms with Crippen LogP contribution < -0.4 is 5.32 Å². The first-order chi connectivity index (χ1) is 13.1. The smallest absolute Gasteiger partial charge is 0.253 e. The van der Waals surface area contributed by atoms with Crippen molar-refractivity contribution in [3.05, 3.63) is 95.6 Å². The molecule has 0 bridgehead atoms. The topological polar surface area (TPSA) is 49.4 Å². The van der Waals surface area contributed by atoms with Crippen LogP contribution in [-0.4, -0.2) is 30.8 Å². The number of carbonyl (C=O) groups excluding carboxylic acids is 2. The van der Waals surface area contributed by atoms with Crippen molar-refractivity contribution in [2.24, 2.45) is 0 Å². The summed E-state index contributed by atoms with van der Waals surface area (Å²) in [6, 6.07) is 24.7. The zero-order valence-electron chi connectivity index (χ0n) is 15.5. The van der Waals surface area contributed by atoms with Gasteiger partial charge in [-0.2, -0.15) is 0 Å². The molecule has 0 atom stereocenters. The molecule has 0 aliphatic carbocycles. The minimum atomic E-state index is -0.122. The molecular formula is C23H22N2O2. The molecule has 4 nitrogen and oxygen atoms in total. The zero-order chi connectivity index (χ0) is 19.2. The van der Waals surface area contributed by atoms with Crippen molar-refractivity contribution in [3.63, 3.8) is 0 Å². The van der Waals surface area contributed by atoms with Crippen LogP contribution in [0.4, 0.5) is 0 Å². The number of hydrogen-bond donors (Lipinski definition) is 1. The molecule has 3 aromatic carbocycles. The number of carbonyl (C=O) groups is 2. The summed E-state index contributed by atoms with van der Waals surface area (Å²) >= 11 is 0. The Morgan fingerprint density at radius 2 is 1.44 bits per heavy atom. The highest BCUT2D eigenvalue weighted by molar-refractivity contribution is 6.00. The summed E-state index contributed by atoms with van der Waals surface area (Å²) in [6.45, 7) is 0.401. The minimum Gasteiger partial charge on any atom is -0.348 e. The molecule has 3 aromatic rings. The van der Waals surface area contributed by atoms with Crippen LogP contribution >= 0.6 is 0 Å². The molecule has 4 heteroatoms. The number of nitrogens with zero attached hydrogens (tertiary/aromatic N) is 1. The van der Waals surface area contributed by atoms with Crippen molar-refractivity contribution in [3.8, 4) is 11.1 Å². The van der Waals surface area contributed by atoms with Crippen LogP contribution in [0.5, 0.6) is 0 Å². The Morgan fingerprint density at radius 3 is 2.11 bits per heavy atom. The molecule has 0 saturated carbocycles. The third-order valence-electron chi connectivity index (χ3n) is 4.32. The first kappa shape index (κ1) is 18.4. The van der Waals surface area contributed by atoms with Crippen LogP contribution in [0.1, 0.15) is 26.3 Å². The SMILES string of the molecule is CN(C)C(=O)c1ccc(CNC(=O)c2ccccc2-c2ccccc2)cc1. The highest BCUT2D eigenvalue weighted by Gasteiger charge is 2.12.